The number of thioether (sulfide) groups is 1. The van der Waals surface area contributed by atoms with E-state index in [-0.39, 0.29) is 12.7 Å². The molecule has 0 bridgehead atoms. The van der Waals surface area contributed by atoms with E-state index in [0.717, 1.165) is 59.9 Å². The third-order valence-electron chi connectivity index (χ3n) is 6.64. The number of para-hydroxylation sites is 1. The Morgan fingerprint density at radius 2 is 1.75 bits per heavy atom. The molecule has 6 nitrogen and oxygen atoms in total. The second kappa shape index (κ2) is 8.37. The number of rotatable bonds is 4. The summed E-state index contributed by atoms with van der Waals surface area (Å²) >= 11 is 1.65. The number of fused-ring (bicyclic) bond motifs is 1. The Balaban J connectivity index is 1.23. The predicted octanol–water partition coefficient (Wildman–Crippen LogP) is 3.82. The van der Waals surface area contributed by atoms with Gasteiger partial charge in [0.1, 0.15) is 0 Å². The lowest BCUT2D eigenvalue weighted by Crippen LogP contribution is -2.47. The molecule has 0 atom stereocenters. The first-order chi connectivity index (χ1) is 15.8. The minimum atomic E-state index is 0.0495. The Hall–Kier alpha value is -2.64. The molecule has 0 aromatic heterocycles. The van der Waals surface area contributed by atoms with Gasteiger partial charge in [0, 0.05) is 62.0 Å². The van der Waals surface area contributed by atoms with Crippen LogP contribution in [0.5, 0.6) is 11.5 Å². The first-order valence-corrected chi connectivity index (χ1v) is 12.4. The van der Waals surface area contributed by atoms with Crippen LogP contribution in [0.25, 0.3) is 6.08 Å². The molecule has 1 aliphatic carbocycles. The molecular weight excluding hydrogens is 422 g/mol. The normalized spacial score (nSPS) is 22.6. The Kier molecular flexibility index (Phi) is 5.23. The van der Waals surface area contributed by atoms with Crippen molar-refractivity contribution in [1.29, 1.82) is 0 Å². The van der Waals surface area contributed by atoms with Crippen molar-refractivity contribution in [1.82, 2.24) is 4.90 Å². The number of anilines is 2. The lowest BCUT2D eigenvalue weighted by Gasteiger charge is -2.37. The van der Waals surface area contributed by atoms with Crippen LogP contribution in [0.15, 0.2) is 47.4 Å². The SMILES string of the molecule is O=C1C(=Cc2ccccc2N2CCN(C3CC3)CC2)SCCN1c1ccc2c(c1)OCO2. The third kappa shape index (κ3) is 3.84. The molecule has 6 rings (SSSR count). The summed E-state index contributed by atoms with van der Waals surface area (Å²) < 4.78 is 10.9. The monoisotopic (exact) mass is 449 g/mol. The topological polar surface area (TPSA) is 45.3 Å². The molecule has 4 aliphatic rings. The maximum absolute atomic E-state index is 13.4. The summed E-state index contributed by atoms with van der Waals surface area (Å²) in [6.45, 7) is 5.26. The summed E-state index contributed by atoms with van der Waals surface area (Å²) in [6.07, 6.45) is 4.80. The maximum Gasteiger partial charge on any atom is 0.264 e. The van der Waals surface area contributed by atoms with Crippen molar-refractivity contribution in [2.24, 2.45) is 0 Å². The average Bonchev–Trinajstić information content (AvgIpc) is 3.58. The van der Waals surface area contributed by atoms with Gasteiger partial charge in [0.25, 0.3) is 5.91 Å². The highest BCUT2D eigenvalue weighted by Gasteiger charge is 2.32. The standard InChI is InChI=1S/C25H27N3O3S/c29-25-24(32-14-13-28(25)20-7-8-22-23(16-20)31-17-30-22)15-18-3-1-2-4-21(18)27-11-9-26(10-12-27)19-5-6-19/h1-4,7-8,15-16,19H,5-6,9-14,17H2. The molecule has 166 valence electrons. The molecule has 2 saturated heterocycles. The molecule has 0 unspecified atom stereocenters. The van der Waals surface area contributed by atoms with Gasteiger partial charge < -0.3 is 19.3 Å². The summed E-state index contributed by atoms with van der Waals surface area (Å²) in [5.41, 5.74) is 3.20. The van der Waals surface area contributed by atoms with E-state index in [1.165, 1.54) is 18.5 Å². The van der Waals surface area contributed by atoms with Gasteiger partial charge in [0.15, 0.2) is 11.5 Å². The highest BCUT2D eigenvalue weighted by Crippen LogP contribution is 2.38. The van der Waals surface area contributed by atoms with Crippen LogP contribution >= 0.6 is 11.8 Å². The van der Waals surface area contributed by atoms with Gasteiger partial charge in [-0.15, -0.1) is 11.8 Å². The number of carbonyl (C=O) groups excluding carboxylic acids is 1. The third-order valence-corrected chi connectivity index (χ3v) is 7.63. The van der Waals surface area contributed by atoms with Crippen molar-refractivity contribution >= 4 is 35.1 Å². The zero-order valence-corrected chi connectivity index (χ0v) is 18.9. The second-order valence-electron chi connectivity index (χ2n) is 8.66. The zero-order valence-electron chi connectivity index (χ0n) is 18.0. The molecule has 32 heavy (non-hydrogen) atoms. The van der Waals surface area contributed by atoms with Crippen molar-refractivity contribution in [3.63, 3.8) is 0 Å². The molecule has 1 amide bonds. The summed E-state index contributed by atoms with van der Waals surface area (Å²) in [5, 5.41) is 0. The van der Waals surface area contributed by atoms with Crippen LogP contribution in [0.3, 0.4) is 0 Å². The largest absolute Gasteiger partial charge is 0.454 e. The van der Waals surface area contributed by atoms with Crippen LogP contribution in [-0.2, 0) is 4.79 Å². The predicted molar refractivity (Wildman–Crippen MR) is 129 cm³/mol. The Labute approximate surface area is 192 Å². The summed E-state index contributed by atoms with van der Waals surface area (Å²) in [5.74, 6) is 2.36. The van der Waals surface area contributed by atoms with Crippen molar-refractivity contribution in [3.8, 4) is 11.5 Å². The van der Waals surface area contributed by atoms with Crippen molar-refractivity contribution in [3.05, 3.63) is 52.9 Å². The van der Waals surface area contributed by atoms with Gasteiger partial charge in [-0.05, 0) is 42.7 Å². The summed E-state index contributed by atoms with van der Waals surface area (Å²) in [6, 6.07) is 15.0. The van der Waals surface area contributed by atoms with E-state index in [9.17, 15) is 4.79 Å². The van der Waals surface area contributed by atoms with E-state index in [1.54, 1.807) is 11.8 Å². The number of nitrogens with zero attached hydrogens (tertiary/aromatic N) is 3. The molecular formula is C25H27N3O3S. The minimum Gasteiger partial charge on any atom is -0.454 e. The highest BCUT2D eigenvalue weighted by atomic mass is 32.2. The lowest BCUT2D eigenvalue weighted by atomic mass is 10.1. The number of piperazine rings is 1. The van der Waals surface area contributed by atoms with E-state index in [2.05, 4.69) is 40.1 Å². The van der Waals surface area contributed by atoms with E-state index in [0.29, 0.717) is 12.3 Å². The van der Waals surface area contributed by atoms with Gasteiger partial charge in [-0.2, -0.15) is 0 Å². The molecule has 3 fully saturated rings. The van der Waals surface area contributed by atoms with Crippen LogP contribution in [0.4, 0.5) is 11.4 Å². The van der Waals surface area contributed by atoms with Crippen molar-refractivity contribution in [2.45, 2.75) is 18.9 Å². The number of carbonyl (C=O) groups is 1. The summed E-state index contributed by atoms with van der Waals surface area (Å²) in [7, 11) is 0. The van der Waals surface area contributed by atoms with E-state index in [1.807, 2.05) is 23.1 Å². The number of benzene rings is 2. The van der Waals surface area contributed by atoms with Gasteiger partial charge in [-0.25, -0.2) is 0 Å². The first kappa shape index (κ1) is 20.0. The molecule has 0 N–H and O–H groups in total. The molecule has 1 saturated carbocycles. The van der Waals surface area contributed by atoms with Gasteiger partial charge in [0.2, 0.25) is 6.79 Å². The Morgan fingerprint density at radius 3 is 2.59 bits per heavy atom. The fourth-order valence-corrected chi connectivity index (χ4v) is 5.69. The van der Waals surface area contributed by atoms with Gasteiger partial charge in [0.05, 0.1) is 4.91 Å². The van der Waals surface area contributed by atoms with Crippen molar-refractivity contribution in [2.75, 3.05) is 55.1 Å². The smallest absolute Gasteiger partial charge is 0.264 e. The number of hydrogen-bond acceptors (Lipinski definition) is 6. The van der Waals surface area contributed by atoms with E-state index in [4.69, 9.17) is 9.47 Å². The molecule has 2 aromatic rings. The van der Waals surface area contributed by atoms with Crippen LogP contribution in [-0.4, -0.2) is 62.1 Å². The molecule has 0 spiro atoms. The molecule has 3 heterocycles. The van der Waals surface area contributed by atoms with E-state index >= 15 is 0 Å². The maximum atomic E-state index is 13.4. The van der Waals surface area contributed by atoms with Gasteiger partial charge in [-0.1, -0.05) is 18.2 Å². The van der Waals surface area contributed by atoms with Crippen molar-refractivity contribution < 1.29 is 14.3 Å². The Bertz CT molecular complexity index is 1060. The van der Waals surface area contributed by atoms with Crippen LogP contribution in [0.2, 0.25) is 0 Å². The summed E-state index contributed by atoms with van der Waals surface area (Å²) in [4.78, 5) is 21.1. The fourth-order valence-electron chi connectivity index (χ4n) is 4.75. The quantitative estimate of drug-likeness (QED) is 0.662. The minimum absolute atomic E-state index is 0.0495. The molecule has 0 radical (unpaired) electrons. The average molecular weight is 450 g/mol. The number of ether oxygens (including phenoxy) is 2. The molecule has 2 aromatic carbocycles. The van der Waals surface area contributed by atoms with Crippen LogP contribution in [0, 0.1) is 0 Å². The van der Waals surface area contributed by atoms with Gasteiger partial charge >= 0.3 is 0 Å². The Morgan fingerprint density at radius 1 is 0.938 bits per heavy atom. The van der Waals surface area contributed by atoms with E-state index < -0.39 is 0 Å². The number of hydrogen-bond donors (Lipinski definition) is 0. The fraction of sp³-hybridized carbons (Fsp3) is 0.400. The highest BCUT2D eigenvalue weighted by molar-refractivity contribution is 8.04. The molecule has 7 heteroatoms. The second-order valence-corrected chi connectivity index (χ2v) is 9.80. The first-order valence-electron chi connectivity index (χ1n) is 11.4. The van der Waals surface area contributed by atoms with Crippen LogP contribution < -0.4 is 19.3 Å². The van der Waals surface area contributed by atoms with Gasteiger partial charge in [-0.3, -0.25) is 9.69 Å². The van der Waals surface area contributed by atoms with Crippen LogP contribution in [0.1, 0.15) is 18.4 Å². The zero-order chi connectivity index (χ0) is 21.5. The lowest BCUT2D eigenvalue weighted by molar-refractivity contribution is -0.114. The number of amides is 1. The molecule has 3 aliphatic heterocycles.